The molecule has 0 aromatic heterocycles. The summed E-state index contributed by atoms with van der Waals surface area (Å²) in [4.78, 5) is 25.3. The number of nitrogens with zero attached hydrogens (tertiary/aromatic N) is 1. The molecular weight excluding hydrogens is 541 g/mol. The predicted molar refractivity (Wildman–Crippen MR) is 146 cm³/mol. The van der Waals surface area contributed by atoms with Gasteiger partial charge >= 0.3 is 5.97 Å². The summed E-state index contributed by atoms with van der Waals surface area (Å²) in [6, 6.07) is 19.9. The van der Waals surface area contributed by atoms with Crippen LogP contribution in [0.5, 0.6) is 11.5 Å². The minimum atomic E-state index is -1.14. The van der Waals surface area contributed by atoms with Crippen molar-refractivity contribution in [2.24, 2.45) is 0 Å². The van der Waals surface area contributed by atoms with Gasteiger partial charge in [0.1, 0.15) is 35.6 Å². The number of carbonyl (C=O) groups excluding carboxylic acids is 1. The highest BCUT2D eigenvalue weighted by Crippen LogP contribution is 2.35. The molecule has 10 heteroatoms. The topological polar surface area (TPSA) is 76.1 Å². The molecule has 1 fully saturated rings. The van der Waals surface area contributed by atoms with Crippen molar-refractivity contribution >= 4 is 69.5 Å². The summed E-state index contributed by atoms with van der Waals surface area (Å²) in [5.41, 5.74) is 2.45. The Balaban J connectivity index is 1.59. The largest absolute Gasteiger partial charge is 0.489 e. The number of halogens is 2. The van der Waals surface area contributed by atoms with Gasteiger partial charge in [-0.25, -0.2) is 0 Å². The second kappa shape index (κ2) is 11.8. The highest BCUT2D eigenvalue weighted by Gasteiger charge is 2.33. The van der Waals surface area contributed by atoms with Crippen molar-refractivity contribution in [2.75, 3.05) is 6.54 Å². The first-order valence-electron chi connectivity index (χ1n) is 10.6. The third-order valence-electron chi connectivity index (χ3n) is 5.06. The van der Waals surface area contributed by atoms with Crippen molar-refractivity contribution in [1.29, 1.82) is 0 Å². The van der Waals surface area contributed by atoms with E-state index in [4.69, 9.17) is 50.0 Å². The molecule has 36 heavy (non-hydrogen) atoms. The van der Waals surface area contributed by atoms with Gasteiger partial charge in [-0.15, -0.1) is 0 Å². The van der Waals surface area contributed by atoms with Crippen LogP contribution in [0.2, 0.25) is 10.0 Å². The maximum absolute atomic E-state index is 12.8. The standard InChI is InChI=1S/C26H19Cl2NO5S2/c27-19-5-1-16(2-6-19)14-33-21-9-10-22(34-15-17-3-7-20(28)8-4-17)18(11-21)12-23-25(32)29(13-24(30)31)26(35)36-23/h1-12H,13-15H2,(H,30,31)/b23-12-. The van der Waals surface area contributed by atoms with E-state index in [1.807, 2.05) is 24.3 Å². The fourth-order valence-corrected chi connectivity index (χ4v) is 4.76. The number of hydrogen-bond donors (Lipinski definition) is 1. The van der Waals surface area contributed by atoms with E-state index in [-0.39, 0.29) is 10.9 Å². The molecule has 6 nitrogen and oxygen atoms in total. The molecule has 184 valence electrons. The highest BCUT2D eigenvalue weighted by atomic mass is 35.5. The lowest BCUT2D eigenvalue weighted by molar-refractivity contribution is -0.140. The molecule has 0 bridgehead atoms. The molecule has 1 aliphatic rings. The van der Waals surface area contributed by atoms with Gasteiger partial charge < -0.3 is 14.6 Å². The maximum Gasteiger partial charge on any atom is 0.323 e. The number of thiocarbonyl (C=S) groups is 1. The number of thioether (sulfide) groups is 1. The summed E-state index contributed by atoms with van der Waals surface area (Å²) in [6.45, 7) is 0.109. The van der Waals surface area contributed by atoms with Gasteiger partial charge in [-0.05, 0) is 59.7 Å². The molecular formula is C26H19Cl2NO5S2. The number of hydrogen-bond acceptors (Lipinski definition) is 6. The molecule has 0 aliphatic carbocycles. The van der Waals surface area contributed by atoms with Gasteiger partial charge in [-0.2, -0.15) is 0 Å². The summed E-state index contributed by atoms with van der Waals surface area (Å²) in [5, 5.41) is 10.4. The lowest BCUT2D eigenvalue weighted by Gasteiger charge is -2.13. The Kier molecular flexibility index (Phi) is 8.53. The van der Waals surface area contributed by atoms with Crippen LogP contribution in [0.4, 0.5) is 0 Å². The predicted octanol–water partition coefficient (Wildman–Crippen LogP) is 6.44. The first-order valence-corrected chi connectivity index (χ1v) is 12.6. The Morgan fingerprint density at radius 3 is 2.11 bits per heavy atom. The fraction of sp³-hybridized carbons (Fsp3) is 0.115. The van der Waals surface area contributed by atoms with Crippen LogP contribution in [0.3, 0.4) is 0 Å². The fourth-order valence-electron chi connectivity index (χ4n) is 3.26. The maximum atomic E-state index is 12.8. The Labute approximate surface area is 227 Å². The van der Waals surface area contributed by atoms with Crippen LogP contribution in [-0.2, 0) is 22.8 Å². The molecule has 1 heterocycles. The Hall–Kier alpha value is -3.04. The second-order valence-electron chi connectivity index (χ2n) is 7.69. The van der Waals surface area contributed by atoms with E-state index in [1.165, 1.54) is 0 Å². The minimum absolute atomic E-state index is 0.187. The molecule has 4 rings (SSSR count). The molecule has 0 unspecified atom stereocenters. The third kappa shape index (κ3) is 6.79. The van der Waals surface area contributed by atoms with E-state index < -0.39 is 18.4 Å². The van der Waals surface area contributed by atoms with Crippen molar-refractivity contribution in [3.05, 3.63) is 98.4 Å². The summed E-state index contributed by atoms with van der Waals surface area (Å²) in [6.07, 6.45) is 1.63. The van der Waals surface area contributed by atoms with E-state index in [2.05, 4.69) is 0 Å². The zero-order valence-corrected chi connectivity index (χ0v) is 21.8. The Morgan fingerprint density at radius 2 is 1.53 bits per heavy atom. The molecule has 1 N–H and O–H groups in total. The number of carbonyl (C=O) groups is 2. The van der Waals surface area contributed by atoms with E-state index in [1.54, 1.807) is 48.5 Å². The summed E-state index contributed by atoms with van der Waals surface area (Å²) < 4.78 is 12.2. The van der Waals surface area contributed by atoms with E-state index in [0.717, 1.165) is 27.8 Å². The molecule has 0 saturated carbocycles. The summed E-state index contributed by atoms with van der Waals surface area (Å²) in [7, 11) is 0. The highest BCUT2D eigenvalue weighted by molar-refractivity contribution is 8.26. The van der Waals surface area contributed by atoms with Gasteiger partial charge in [0.2, 0.25) is 0 Å². The van der Waals surface area contributed by atoms with Crippen molar-refractivity contribution in [3.63, 3.8) is 0 Å². The summed E-state index contributed by atoms with van der Waals surface area (Å²) in [5.74, 6) is -0.524. The molecule has 1 aliphatic heterocycles. The van der Waals surface area contributed by atoms with Crippen LogP contribution in [0.25, 0.3) is 6.08 Å². The smallest absolute Gasteiger partial charge is 0.323 e. The van der Waals surface area contributed by atoms with Crippen molar-refractivity contribution in [3.8, 4) is 11.5 Å². The van der Waals surface area contributed by atoms with E-state index in [0.29, 0.717) is 38.6 Å². The van der Waals surface area contributed by atoms with Crippen molar-refractivity contribution in [2.45, 2.75) is 13.2 Å². The molecule has 1 amide bonds. The lowest BCUT2D eigenvalue weighted by Crippen LogP contribution is -2.33. The first-order chi connectivity index (χ1) is 17.3. The first kappa shape index (κ1) is 26.0. The Morgan fingerprint density at radius 1 is 0.944 bits per heavy atom. The molecule has 1 saturated heterocycles. The van der Waals surface area contributed by atoms with Crippen molar-refractivity contribution in [1.82, 2.24) is 4.90 Å². The normalized spacial score (nSPS) is 14.4. The van der Waals surface area contributed by atoms with Crippen LogP contribution in [0.1, 0.15) is 16.7 Å². The van der Waals surface area contributed by atoms with E-state index >= 15 is 0 Å². The minimum Gasteiger partial charge on any atom is -0.489 e. The SMILES string of the molecule is O=C(O)CN1C(=O)/C(=C/c2cc(OCc3ccc(Cl)cc3)ccc2OCc2ccc(Cl)cc2)SC1=S. The van der Waals surface area contributed by atoms with Crippen molar-refractivity contribution < 1.29 is 24.2 Å². The van der Waals surface area contributed by atoms with Crippen LogP contribution in [0, 0.1) is 0 Å². The number of carboxylic acids is 1. The lowest BCUT2D eigenvalue weighted by atomic mass is 10.1. The molecule has 3 aromatic carbocycles. The Bertz CT molecular complexity index is 1330. The third-order valence-corrected chi connectivity index (χ3v) is 6.94. The second-order valence-corrected chi connectivity index (χ2v) is 10.2. The zero-order chi connectivity index (χ0) is 25.7. The molecule has 0 radical (unpaired) electrons. The van der Waals surface area contributed by atoms with Crippen LogP contribution < -0.4 is 9.47 Å². The van der Waals surface area contributed by atoms with E-state index in [9.17, 15) is 9.59 Å². The molecule has 0 spiro atoms. The molecule has 3 aromatic rings. The number of carboxylic acid groups (broad SMARTS) is 1. The van der Waals surface area contributed by atoms with Crippen LogP contribution in [0.15, 0.2) is 71.6 Å². The quantitative estimate of drug-likeness (QED) is 0.239. The zero-order valence-electron chi connectivity index (χ0n) is 18.6. The van der Waals surface area contributed by atoms with Gasteiger partial charge in [-0.1, -0.05) is 71.4 Å². The number of aliphatic carboxylic acids is 1. The molecule has 0 atom stereocenters. The van der Waals surface area contributed by atoms with Gasteiger partial charge in [0.15, 0.2) is 0 Å². The van der Waals surface area contributed by atoms with Crippen LogP contribution in [-0.4, -0.2) is 32.7 Å². The number of ether oxygens (including phenoxy) is 2. The van der Waals surface area contributed by atoms with Gasteiger partial charge in [0.05, 0.1) is 4.91 Å². The van der Waals surface area contributed by atoms with Gasteiger partial charge in [-0.3, -0.25) is 14.5 Å². The summed E-state index contributed by atoms with van der Waals surface area (Å²) >= 11 is 18.2. The van der Waals surface area contributed by atoms with Gasteiger partial charge in [0.25, 0.3) is 5.91 Å². The monoisotopic (exact) mass is 559 g/mol. The van der Waals surface area contributed by atoms with Crippen LogP contribution >= 0.6 is 47.2 Å². The average molecular weight is 560 g/mol. The number of benzene rings is 3. The average Bonchev–Trinajstić information content (AvgIpc) is 3.11. The number of rotatable bonds is 9. The van der Waals surface area contributed by atoms with Gasteiger partial charge in [0, 0.05) is 15.6 Å². The number of amides is 1.